The molecule has 0 bridgehead atoms. The maximum atomic E-state index is 4.01. The molecule has 0 atom stereocenters. The summed E-state index contributed by atoms with van der Waals surface area (Å²) in [5, 5.41) is 1.82. The van der Waals surface area contributed by atoms with Gasteiger partial charge in [0.2, 0.25) is 0 Å². The molecular formula is C9H9N. The van der Waals surface area contributed by atoms with Crippen LogP contribution in [0.3, 0.4) is 0 Å². The number of pyridine rings is 1. The molecule has 0 fully saturated rings. The van der Waals surface area contributed by atoms with Crippen LogP contribution < -0.4 is 10.6 Å². The number of nitrogens with zero attached hydrogens (tertiary/aromatic N) is 1. The number of hydrogen-bond donors (Lipinski definition) is 0. The molecule has 1 heterocycles. The molecule has 50 valence electrons. The van der Waals surface area contributed by atoms with Crippen molar-refractivity contribution in [1.29, 1.82) is 0 Å². The summed E-state index contributed by atoms with van der Waals surface area (Å²) in [7, 11) is 0. The lowest BCUT2D eigenvalue weighted by molar-refractivity contribution is 1.23. The van der Waals surface area contributed by atoms with Crippen LogP contribution in [0.1, 0.15) is 0 Å². The van der Waals surface area contributed by atoms with Crippen LogP contribution in [0.5, 0.6) is 0 Å². The molecule has 0 saturated heterocycles. The average Bonchev–Trinajstić information content (AvgIpc) is 1.94. The smallest absolute Gasteiger partial charge is 0.0630 e. The average molecular weight is 131 g/mol. The van der Waals surface area contributed by atoms with Gasteiger partial charge in [-0.1, -0.05) is 31.4 Å². The van der Waals surface area contributed by atoms with Crippen molar-refractivity contribution in [3.63, 3.8) is 0 Å². The predicted molar refractivity (Wildman–Crippen MR) is 43.7 cm³/mol. The van der Waals surface area contributed by atoms with Gasteiger partial charge in [0.15, 0.2) is 0 Å². The summed E-state index contributed by atoms with van der Waals surface area (Å²) in [6.45, 7) is 7.33. The largest absolute Gasteiger partial charge is 0.257 e. The van der Waals surface area contributed by atoms with Gasteiger partial charge in [0, 0.05) is 6.20 Å². The zero-order chi connectivity index (χ0) is 7.40. The molecule has 10 heavy (non-hydrogen) atoms. The fourth-order valence-corrected chi connectivity index (χ4v) is 0.729. The summed E-state index contributed by atoms with van der Waals surface area (Å²) in [4.78, 5) is 4.01. The lowest BCUT2D eigenvalue weighted by Gasteiger charge is -1.83. The van der Waals surface area contributed by atoms with Crippen LogP contribution in [-0.4, -0.2) is 4.98 Å². The third-order valence-electron chi connectivity index (χ3n) is 1.22. The van der Waals surface area contributed by atoms with Gasteiger partial charge in [0.05, 0.1) is 5.35 Å². The third-order valence-corrected chi connectivity index (χ3v) is 1.22. The number of rotatable bonds is 1. The van der Waals surface area contributed by atoms with E-state index in [4.69, 9.17) is 0 Å². The van der Waals surface area contributed by atoms with Crippen LogP contribution in [0.15, 0.2) is 31.0 Å². The minimum atomic E-state index is 0.794. The van der Waals surface area contributed by atoms with E-state index in [2.05, 4.69) is 18.1 Å². The number of allylic oxidation sites excluding steroid dienone is 1. The molecule has 0 spiro atoms. The van der Waals surface area contributed by atoms with Crippen molar-refractivity contribution in [3.8, 4) is 0 Å². The zero-order valence-corrected chi connectivity index (χ0v) is 5.75. The van der Waals surface area contributed by atoms with Gasteiger partial charge in [-0.3, -0.25) is 4.98 Å². The van der Waals surface area contributed by atoms with Crippen LogP contribution in [0.4, 0.5) is 0 Å². The molecule has 1 nitrogen and oxygen atoms in total. The molecule has 0 aliphatic carbocycles. The molecule has 1 aromatic rings. The van der Waals surface area contributed by atoms with E-state index in [9.17, 15) is 0 Å². The molecule has 0 saturated carbocycles. The van der Waals surface area contributed by atoms with Gasteiger partial charge in [-0.2, -0.15) is 0 Å². The summed E-state index contributed by atoms with van der Waals surface area (Å²) in [5.41, 5.74) is 0. The molecule has 1 rings (SSSR count). The van der Waals surface area contributed by atoms with Crippen molar-refractivity contribution in [2.75, 3.05) is 0 Å². The zero-order valence-electron chi connectivity index (χ0n) is 5.75. The Labute approximate surface area is 60.0 Å². The van der Waals surface area contributed by atoms with Gasteiger partial charge in [0.1, 0.15) is 0 Å². The second-order valence-corrected chi connectivity index (χ2v) is 1.94. The highest BCUT2D eigenvalue weighted by Crippen LogP contribution is 1.66. The molecule has 1 heteroatoms. The molecule has 0 N–H and O–H groups in total. The second-order valence-electron chi connectivity index (χ2n) is 1.94. The van der Waals surface area contributed by atoms with Gasteiger partial charge >= 0.3 is 0 Å². The van der Waals surface area contributed by atoms with Crippen molar-refractivity contribution in [2.24, 2.45) is 0 Å². The molecule has 0 aromatic carbocycles. The molecule has 1 aromatic heterocycles. The van der Waals surface area contributed by atoms with Crippen LogP contribution in [-0.2, 0) is 0 Å². The molecule has 0 amide bonds. The standard InChI is InChI=1S/C9H9N/c1-3-5-9-6-4-7-10-8(9)2/h3-7H,1-2H2. The fraction of sp³-hybridized carbons (Fsp3) is 0. The van der Waals surface area contributed by atoms with E-state index in [0.717, 1.165) is 10.6 Å². The van der Waals surface area contributed by atoms with E-state index in [-0.39, 0.29) is 0 Å². The summed E-state index contributed by atoms with van der Waals surface area (Å²) in [6.07, 6.45) is 5.34. The Morgan fingerprint density at radius 2 is 2.30 bits per heavy atom. The van der Waals surface area contributed by atoms with Gasteiger partial charge in [-0.15, -0.1) is 0 Å². The Kier molecular flexibility index (Phi) is 2.00. The maximum Gasteiger partial charge on any atom is 0.0630 e. The Bertz CT molecular complexity index is 325. The van der Waals surface area contributed by atoms with E-state index >= 15 is 0 Å². The Morgan fingerprint density at radius 3 is 2.90 bits per heavy atom. The van der Waals surface area contributed by atoms with Gasteiger partial charge in [-0.25, -0.2) is 0 Å². The van der Waals surface area contributed by atoms with Crippen molar-refractivity contribution in [1.82, 2.24) is 4.98 Å². The normalized spacial score (nSPS) is 11.4. The molecule has 0 aliphatic heterocycles. The summed E-state index contributed by atoms with van der Waals surface area (Å²) in [6, 6.07) is 3.83. The van der Waals surface area contributed by atoms with Crippen LogP contribution >= 0.6 is 0 Å². The first kappa shape index (κ1) is 6.75. The molecule has 0 aliphatic rings. The molecular weight excluding hydrogens is 122 g/mol. The Balaban J connectivity index is 3.43. The molecule has 0 radical (unpaired) electrons. The van der Waals surface area contributed by atoms with Crippen molar-refractivity contribution >= 4 is 12.7 Å². The Morgan fingerprint density at radius 1 is 1.50 bits per heavy atom. The van der Waals surface area contributed by atoms with E-state index in [1.54, 1.807) is 12.3 Å². The fourth-order valence-electron chi connectivity index (χ4n) is 0.729. The summed E-state index contributed by atoms with van der Waals surface area (Å²) in [5.74, 6) is 0. The minimum Gasteiger partial charge on any atom is -0.257 e. The van der Waals surface area contributed by atoms with Gasteiger partial charge in [0.25, 0.3) is 0 Å². The van der Waals surface area contributed by atoms with Crippen LogP contribution in [0, 0.1) is 0 Å². The number of aromatic nitrogens is 1. The first-order valence-corrected chi connectivity index (χ1v) is 3.07. The molecule has 0 unspecified atom stereocenters. The summed E-state index contributed by atoms with van der Waals surface area (Å²) < 4.78 is 0. The van der Waals surface area contributed by atoms with E-state index in [1.165, 1.54) is 0 Å². The monoisotopic (exact) mass is 131 g/mol. The van der Waals surface area contributed by atoms with Crippen molar-refractivity contribution in [2.45, 2.75) is 0 Å². The highest BCUT2D eigenvalue weighted by molar-refractivity contribution is 5.34. The van der Waals surface area contributed by atoms with Gasteiger partial charge < -0.3 is 0 Å². The van der Waals surface area contributed by atoms with Crippen LogP contribution in [0.2, 0.25) is 0 Å². The Hall–Kier alpha value is -1.37. The highest BCUT2D eigenvalue weighted by atomic mass is 14.6. The first-order chi connectivity index (χ1) is 4.84. The van der Waals surface area contributed by atoms with Crippen molar-refractivity contribution in [3.05, 3.63) is 41.6 Å². The second kappa shape index (κ2) is 2.97. The first-order valence-electron chi connectivity index (χ1n) is 3.07. The highest BCUT2D eigenvalue weighted by Gasteiger charge is 1.76. The predicted octanol–water partition coefficient (Wildman–Crippen LogP) is 0.458. The lowest BCUT2D eigenvalue weighted by atomic mass is 10.3. The minimum absolute atomic E-state index is 0.794. The topological polar surface area (TPSA) is 12.9 Å². The summed E-state index contributed by atoms with van der Waals surface area (Å²) >= 11 is 0. The van der Waals surface area contributed by atoms with E-state index < -0.39 is 0 Å². The SMILES string of the molecule is C=CC=c1cccnc1=C. The van der Waals surface area contributed by atoms with Crippen LogP contribution in [0.25, 0.3) is 12.7 Å². The lowest BCUT2D eigenvalue weighted by Crippen LogP contribution is -2.24. The maximum absolute atomic E-state index is 4.01. The third kappa shape index (κ3) is 1.32. The van der Waals surface area contributed by atoms with E-state index in [0.29, 0.717) is 0 Å². The van der Waals surface area contributed by atoms with Gasteiger partial charge in [-0.05, 0) is 11.3 Å². The quantitative estimate of drug-likeness (QED) is 0.539. The number of hydrogen-bond acceptors (Lipinski definition) is 1. The van der Waals surface area contributed by atoms with E-state index in [1.807, 2.05) is 18.2 Å². The van der Waals surface area contributed by atoms with Crippen molar-refractivity contribution < 1.29 is 0 Å².